The van der Waals surface area contributed by atoms with Crippen molar-refractivity contribution < 1.29 is 14.7 Å². The van der Waals surface area contributed by atoms with E-state index in [0.29, 0.717) is 5.70 Å². The van der Waals surface area contributed by atoms with Gasteiger partial charge in [0, 0.05) is 48.2 Å². The van der Waals surface area contributed by atoms with Gasteiger partial charge in [0.25, 0.3) is 0 Å². The minimum atomic E-state index is -1.21. The molecule has 1 saturated heterocycles. The lowest BCUT2D eigenvalue weighted by Gasteiger charge is -2.38. The molecule has 1 unspecified atom stereocenters. The SMILES string of the molecule is C/C=C(/C(=O)O)C(=O)/C=C1\NC(C(C)(C)C)Cc2cc(-c3ccc(N4CCCC4)nc3)c(C)cc21. The molecule has 2 aromatic rings. The highest BCUT2D eigenvalue weighted by Crippen LogP contribution is 2.36. The molecule has 0 spiro atoms. The predicted molar refractivity (Wildman–Crippen MR) is 140 cm³/mol. The van der Waals surface area contributed by atoms with E-state index in [0.717, 1.165) is 53.1 Å². The van der Waals surface area contributed by atoms with Crippen LogP contribution in [-0.2, 0) is 16.0 Å². The number of nitrogens with zero attached hydrogens (tertiary/aromatic N) is 2. The van der Waals surface area contributed by atoms with Crippen LogP contribution >= 0.6 is 0 Å². The molecular weight excluding hydrogens is 438 g/mol. The summed E-state index contributed by atoms with van der Waals surface area (Å²) in [7, 11) is 0. The van der Waals surface area contributed by atoms with Crippen molar-refractivity contribution in [2.75, 3.05) is 18.0 Å². The van der Waals surface area contributed by atoms with Crippen molar-refractivity contribution >= 4 is 23.3 Å². The van der Waals surface area contributed by atoms with E-state index in [1.165, 1.54) is 25.0 Å². The van der Waals surface area contributed by atoms with Gasteiger partial charge >= 0.3 is 5.97 Å². The predicted octanol–water partition coefficient (Wildman–Crippen LogP) is 5.16. The number of hydrogen-bond acceptors (Lipinski definition) is 5. The highest BCUT2D eigenvalue weighted by atomic mass is 16.4. The molecule has 3 heterocycles. The molecule has 0 radical (unpaired) electrons. The zero-order valence-electron chi connectivity index (χ0n) is 21.3. The van der Waals surface area contributed by atoms with Crippen molar-refractivity contribution in [1.82, 2.24) is 10.3 Å². The Morgan fingerprint density at radius 3 is 2.43 bits per heavy atom. The Balaban J connectivity index is 1.74. The Morgan fingerprint density at radius 2 is 1.86 bits per heavy atom. The summed E-state index contributed by atoms with van der Waals surface area (Å²) in [6.45, 7) is 12.3. The lowest BCUT2D eigenvalue weighted by atomic mass is 9.78. The molecule has 1 aromatic carbocycles. The van der Waals surface area contributed by atoms with E-state index in [2.05, 4.69) is 62.2 Å². The maximum atomic E-state index is 12.8. The van der Waals surface area contributed by atoms with E-state index in [9.17, 15) is 14.7 Å². The maximum Gasteiger partial charge on any atom is 0.339 e. The number of aromatic nitrogens is 1. The molecule has 6 heteroatoms. The first-order chi connectivity index (χ1) is 16.6. The number of carboxylic acids is 1. The third-order valence-electron chi connectivity index (χ3n) is 7.09. The molecule has 6 nitrogen and oxygen atoms in total. The minimum absolute atomic E-state index is 0.0555. The molecule has 0 amide bonds. The second kappa shape index (κ2) is 9.68. The van der Waals surface area contributed by atoms with Crippen LogP contribution in [0.2, 0.25) is 0 Å². The fraction of sp³-hybridized carbons (Fsp3) is 0.414. The van der Waals surface area contributed by atoms with Crippen LogP contribution in [0.15, 0.2) is 48.2 Å². The van der Waals surface area contributed by atoms with Crippen LogP contribution in [-0.4, -0.2) is 41.0 Å². The number of carbonyl (C=O) groups excluding carboxylic acids is 1. The number of aryl methyl sites for hydroxylation is 1. The topological polar surface area (TPSA) is 82.5 Å². The van der Waals surface area contributed by atoms with E-state index in [1.807, 2.05) is 6.20 Å². The number of carboxylic acid groups (broad SMARTS) is 1. The first kappa shape index (κ1) is 24.7. The quantitative estimate of drug-likeness (QED) is 0.355. The van der Waals surface area contributed by atoms with Crippen molar-refractivity contribution in [2.24, 2.45) is 5.41 Å². The lowest BCUT2D eigenvalue weighted by molar-refractivity contribution is -0.134. The average Bonchev–Trinajstić information content (AvgIpc) is 3.33. The van der Waals surface area contributed by atoms with Crippen LogP contribution in [0, 0.1) is 12.3 Å². The number of aliphatic carboxylic acids is 1. The molecule has 1 atom stereocenters. The summed E-state index contributed by atoms with van der Waals surface area (Å²) < 4.78 is 0. The average molecular weight is 474 g/mol. The monoisotopic (exact) mass is 473 g/mol. The summed E-state index contributed by atoms with van der Waals surface area (Å²) in [4.78, 5) is 31.4. The summed E-state index contributed by atoms with van der Waals surface area (Å²) >= 11 is 0. The van der Waals surface area contributed by atoms with Crippen LogP contribution in [0.25, 0.3) is 16.8 Å². The molecule has 2 N–H and O–H groups in total. The number of anilines is 1. The van der Waals surface area contributed by atoms with Gasteiger partial charge in [-0.1, -0.05) is 32.9 Å². The second-order valence-electron chi connectivity index (χ2n) is 10.6. The molecule has 2 aliphatic rings. The van der Waals surface area contributed by atoms with Gasteiger partial charge in [0.1, 0.15) is 11.4 Å². The summed E-state index contributed by atoms with van der Waals surface area (Å²) in [5.41, 5.74) is 5.77. The zero-order valence-corrected chi connectivity index (χ0v) is 21.3. The molecule has 0 saturated carbocycles. The van der Waals surface area contributed by atoms with Gasteiger partial charge in [0.15, 0.2) is 5.78 Å². The lowest BCUT2D eigenvalue weighted by Crippen LogP contribution is -2.44. The zero-order chi connectivity index (χ0) is 25.3. The molecule has 2 aliphatic heterocycles. The standard InChI is InChI=1S/C29H35N3O3/c1-6-21(28(34)35)25(33)16-24-23-13-18(2)22(14-20(23)15-26(31-24)29(3,4)5)19-9-10-27(30-17-19)32-11-7-8-12-32/h6,9-10,13-14,16-17,26,31H,7-8,11-12,15H2,1-5H3,(H,34,35)/b21-6+,24-16-. The molecule has 1 aromatic heterocycles. The first-order valence-electron chi connectivity index (χ1n) is 12.4. The van der Waals surface area contributed by atoms with E-state index in [-0.39, 0.29) is 17.0 Å². The summed E-state index contributed by atoms with van der Waals surface area (Å²) in [5.74, 6) is -0.693. The fourth-order valence-electron chi connectivity index (χ4n) is 4.92. The van der Waals surface area contributed by atoms with Crippen molar-refractivity contribution in [3.63, 3.8) is 0 Å². The van der Waals surface area contributed by atoms with Crippen molar-refractivity contribution in [1.29, 1.82) is 0 Å². The third-order valence-corrected chi connectivity index (χ3v) is 7.09. The summed E-state index contributed by atoms with van der Waals surface area (Å²) in [6, 6.07) is 8.65. The number of ketones is 1. The number of pyridine rings is 1. The molecule has 0 bridgehead atoms. The third kappa shape index (κ3) is 5.16. The number of carbonyl (C=O) groups is 2. The van der Waals surface area contributed by atoms with Crippen LogP contribution in [0.3, 0.4) is 0 Å². The number of nitrogens with one attached hydrogen (secondary N) is 1. The molecular formula is C29H35N3O3. The number of allylic oxidation sites excluding steroid dienone is 2. The van der Waals surface area contributed by atoms with Crippen LogP contribution in [0.1, 0.15) is 57.2 Å². The number of benzene rings is 1. The molecule has 184 valence electrons. The van der Waals surface area contributed by atoms with Crippen molar-refractivity contribution in [3.05, 3.63) is 64.9 Å². The van der Waals surface area contributed by atoms with Crippen molar-refractivity contribution in [3.8, 4) is 11.1 Å². The van der Waals surface area contributed by atoms with E-state index in [1.54, 1.807) is 6.92 Å². The van der Waals surface area contributed by atoms with Gasteiger partial charge in [-0.25, -0.2) is 9.78 Å². The van der Waals surface area contributed by atoms with Crippen LogP contribution < -0.4 is 10.2 Å². The van der Waals surface area contributed by atoms with Gasteiger partial charge in [0.05, 0.1) is 0 Å². The van der Waals surface area contributed by atoms with Gasteiger partial charge in [0.2, 0.25) is 0 Å². The smallest absolute Gasteiger partial charge is 0.339 e. The summed E-state index contributed by atoms with van der Waals surface area (Å²) in [6.07, 6.45) is 7.99. The fourth-order valence-corrected chi connectivity index (χ4v) is 4.92. The number of fused-ring (bicyclic) bond motifs is 1. The largest absolute Gasteiger partial charge is 0.478 e. The molecule has 1 fully saturated rings. The van der Waals surface area contributed by atoms with Gasteiger partial charge in [-0.05, 0) is 73.4 Å². The summed E-state index contributed by atoms with van der Waals surface area (Å²) in [5, 5.41) is 12.9. The first-order valence-corrected chi connectivity index (χ1v) is 12.4. The Bertz CT molecular complexity index is 1200. The van der Waals surface area contributed by atoms with Crippen molar-refractivity contribution in [2.45, 2.75) is 59.9 Å². The normalized spacial score (nSPS) is 19.5. The minimum Gasteiger partial charge on any atom is -0.478 e. The van der Waals surface area contributed by atoms with E-state index >= 15 is 0 Å². The maximum absolute atomic E-state index is 12.8. The molecule has 4 rings (SSSR count). The highest BCUT2D eigenvalue weighted by Gasteiger charge is 2.32. The van der Waals surface area contributed by atoms with E-state index < -0.39 is 11.8 Å². The van der Waals surface area contributed by atoms with Crippen LogP contribution in [0.5, 0.6) is 0 Å². The van der Waals surface area contributed by atoms with Gasteiger partial charge in [-0.3, -0.25) is 4.79 Å². The van der Waals surface area contributed by atoms with Gasteiger partial charge in [-0.2, -0.15) is 0 Å². The van der Waals surface area contributed by atoms with Crippen LogP contribution in [0.4, 0.5) is 5.82 Å². The van der Waals surface area contributed by atoms with E-state index in [4.69, 9.17) is 4.98 Å². The highest BCUT2D eigenvalue weighted by molar-refractivity contribution is 6.22. The Morgan fingerprint density at radius 1 is 1.14 bits per heavy atom. The number of hydrogen-bond donors (Lipinski definition) is 2. The molecule has 35 heavy (non-hydrogen) atoms. The van der Waals surface area contributed by atoms with Gasteiger partial charge in [-0.15, -0.1) is 0 Å². The Kier molecular flexibility index (Phi) is 6.84. The van der Waals surface area contributed by atoms with Gasteiger partial charge < -0.3 is 15.3 Å². The Hall–Kier alpha value is -3.41. The second-order valence-corrected chi connectivity index (χ2v) is 10.6. The number of rotatable bonds is 5. The molecule has 0 aliphatic carbocycles. The Labute approximate surface area is 207 Å².